The lowest BCUT2D eigenvalue weighted by Crippen LogP contribution is -2.47. The van der Waals surface area contributed by atoms with Crippen LogP contribution in [0.15, 0.2) is 22.7 Å². The van der Waals surface area contributed by atoms with Crippen molar-refractivity contribution in [2.45, 2.75) is 18.9 Å². The minimum absolute atomic E-state index is 0.182. The molecule has 0 radical (unpaired) electrons. The van der Waals surface area contributed by atoms with E-state index in [-0.39, 0.29) is 17.7 Å². The molecule has 1 N–H and O–H groups in total. The van der Waals surface area contributed by atoms with Crippen molar-refractivity contribution in [2.75, 3.05) is 19.6 Å². The minimum atomic E-state index is -0.182. The first-order valence-corrected chi connectivity index (χ1v) is 7.59. The summed E-state index contributed by atoms with van der Waals surface area (Å²) in [5.74, 6) is 0.763. The second-order valence-electron chi connectivity index (χ2n) is 6.19. The summed E-state index contributed by atoms with van der Waals surface area (Å²) < 4.78 is 5.35. The monoisotopic (exact) mass is 299 g/mol. The van der Waals surface area contributed by atoms with Gasteiger partial charge in [0, 0.05) is 36.8 Å². The Hall–Kier alpha value is -2.21. The van der Waals surface area contributed by atoms with Gasteiger partial charge in [0.05, 0.1) is 0 Å². The highest BCUT2D eigenvalue weighted by Crippen LogP contribution is 2.27. The van der Waals surface area contributed by atoms with Gasteiger partial charge in [0.25, 0.3) is 5.91 Å². The van der Waals surface area contributed by atoms with E-state index in [0.717, 1.165) is 31.4 Å². The molecule has 3 atom stereocenters. The second-order valence-corrected chi connectivity index (χ2v) is 6.19. The van der Waals surface area contributed by atoms with Crippen molar-refractivity contribution in [3.05, 3.63) is 29.8 Å². The predicted molar refractivity (Wildman–Crippen MR) is 79.8 cm³/mol. The van der Waals surface area contributed by atoms with Crippen molar-refractivity contribution in [1.82, 2.24) is 15.2 Å². The largest absolute Gasteiger partial charge is 0.453 e. The van der Waals surface area contributed by atoms with Gasteiger partial charge in [-0.25, -0.2) is 0 Å². The standard InChI is InChI=1S/C16H17N3O3/c20-9-13-4-11-6-17-14(5-15(11)22-13)16(21)18-12-3-10-1-2-19(7-10)8-12/h4-6,9-10,12H,1-3,7-8H2,(H,18,21)/t10-,12-/m1/s1. The number of nitrogens with zero attached hydrogens (tertiary/aromatic N) is 2. The van der Waals surface area contributed by atoms with E-state index in [1.54, 1.807) is 18.3 Å². The predicted octanol–water partition coefficient (Wildman–Crippen LogP) is 1.46. The Morgan fingerprint density at radius 1 is 1.41 bits per heavy atom. The lowest BCUT2D eigenvalue weighted by Gasteiger charge is -2.30. The lowest BCUT2D eigenvalue weighted by molar-refractivity contribution is 0.0904. The fourth-order valence-electron chi connectivity index (χ4n) is 3.56. The highest BCUT2D eigenvalue weighted by molar-refractivity contribution is 5.96. The van der Waals surface area contributed by atoms with Crippen molar-refractivity contribution in [3.8, 4) is 0 Å². The molecular formula is C16H17N3O3. The Bertz CT molecular complexity index is 727. The summed E-state index contributed by atoms with van der Waals surface area (Å²) in [7, 11) is 0. The molecule has 6 nitrogen and oxygen atoms in total. The van der Waals surface area contributed by atoms with E-state index in [2.05, 4.69) is 15.2 Å². The van der Waals surface area contributed by atoms with Crippen LogP contribution in [-0.2, 0) is 0 Å². The zero-order valence-electron chi connectivity index (χ0n) is 12.1. The number of hydrogen-bond acceptors (Lipinski definition) is 5. The molecule has 4 rings (SSSR count). The van der Waals surface area contributed by atoms with Gasteiger partial charge < -0.3 is 14.6 Å². The maximum Gasteiger partial charge on any atom is 0.270 e. The van der Waals surface area contributed by atoms with Crippen LogP contribution in [0.2, 0.25) is 0 Å². The van der Waals surface area contributed by atoms with Crippen molar-refractivity contribution in [2.24, 2.45) is 5.92 Å². The van der Waals surface area contributed by atoms with Crippen molar-refractivity contribution in [3.63, 3.8) is 0 Å². The molecule has 2 aromatic rings. The molecule has 2 bridgehead atoms. The Morgan fingerprint density at radius 2 is 2.32 bits per heavy atom. The summed E-state index contributed by atoms with van der Waals surface area (Å²) in [6, 6.07) is 3.40. The Kier molecular flexibility index (Phi) is 3.18. The molecule has 1 unspecified atom stereocenters. The number of piperidine rings is 1. The molecule has 2 aliphatic heterocycles. The van der Waals surface area contributed by atoms with Crippen LogP contribution in [0, 0.1) is 5.92 Å². The number of hydrogen-bond donors (Lipinski definition) is 1. The van der Waals surface area contributed by atoms with Crippen LogP contribution in [0.25, 0.3) is 11.0 Å². The molecule has 2 fully saturated rings. The fraction of sp³-hybridized carbons (Fsp3) is 0.438. The zero-order valence-corrected chi connectivity index (χ0v) is 12.1. The third-order valence-corrected chi connectivity index (χ3v) is 4.57. The van der Waals surface area contributed by atoms with Crippen molar-refractivity contribution >= 4 is 23.2 Å². The molecular weight excluding hydrogens is 282 g/mol. The van der Waals surface area contributed by atoms with Crippen LogP contribution in [0.3, 0.4) is 0 Å². The van der Waals surface area contributed by atoms with Crippen molar-refractivity contribution in [1.29, 1.82) is 0 Å². The summed E-state index contributed by atoms with van der Waals surface area (Å²) in [4.78, 5) is 29.7. The van der Waals surface area contributed by atoms with E-state index < -0.39 is 0 Å². The molecule has 114 valence electrons. The van der Waals surface area contributed by atoms with Gasteiger partial charge in [-0.15, -0.1) is 0 Å². The number of rotatable bonds is 3. The zero-order chi connectivity index (χ0) is 15.1. The number of pyridine rings is 1. The van der Waals surface area contributed by atoms with Crippen LogP contribution in [0.4, 0.5) is 0 Å². The number of aldehydes is 1. The molecule has 0 aromatic carbocycles. The van der Waals surface area contributed by atoms with Crippen LogP contribution in [0.5, 0.6) is 0 Å². The summed E-state index contributed by atoms with van der Waals surface area (Å²) in [6.45, 7) is 3.22. The molecule has 6 heteroatoms. The molecule has 22 heavy (non-hydrogen) atoms. The van der Waals surface area contributed by atoms with Gasteiger partial charge in [0.15, 0.2) is 12.0 Å². The molecule has 2 saturated heterocycles. The van der Waals surface area contributed by atoms with E-state index in [0.29, 0.717) is 23.5 Å². The summed E-state index contributed by atoms with van der Waals surface area (Å²) in [5.41, 5.74) is 0.835. The average molecular weight is 299 g/mol. The van der Waals surface area contributed by atoms with Gasteiger partial charge in [-0.05, 0) is 31.4 Å². The van der Waals surface area contributed by atoms with Crippen LogP contribution in [-0.4, -0.2) is 47.8 Å². The van der Waals surface area contributed by atoms with Gasteiger partial charge in [0.2, 0.25) is 0 Å². The van der Waals surface area contributed by atoms with Gasteiger partial charge in [-0.3, -0.25) is 14.6 Å². The third kappa shape index (κ3) is 2.39. The third-order valence-electron chi connectivity index (χ3n) is 4.57. The van der Waals surface area contributed by atoms with E-state index in [4.69, 9.17) is 4.42 Å². The van der Waals surface area contributed by atoms with Gasteiger partial charge in [-0.1, -0.05) is 0 Å². The van der Waals surface area contributed by atoms with E-state index in [9.17, 15) is 9.59 Å². The van der Waals surface area contributed by atoms with Gasteiger partial charge >= 0.3 is 0 Å². The van der Waals surface area contributed by atoms with Gasteiger partial charge in [0.1, 0.15) is 11.3 Å². The first-order valence-electron chi connectivity index (χ1n) is 7.59. The maximum atomic E-state index is 12.4. The Morgan fingerprint density at radius 3 is 3.14 bits per heavy atom. The smallest absolute Gasteiger partial charge is 0.270 e. The topological polar surface area (TPSA) is 75.4 Å². The fourth-order valence-corrected chi connectivity index (χ4v) is 3.56. The number of aromatic nitrogens is 1. The lowest BCUT2D eigenvalue weighted by atomic mass is 9.97. The highest BCUT2D eigenvalue weighted by Gasteiger charge is 2.33. The van der Waals surface area contributed by atoms with E-state index in [1.165, 1.54) is 6.42 Å². The Balaban J connectivity index is 1.51. The van der Waals surface area contributed by atoms with E-state index >= 15 is 0 Å². The number of carbonyl (C=O) groups excluding carboxylic acids is 2. The Labute approximate surface area is 127 Å². The number of fused-ring (bicyclic) bond motifs is 3. The molecule has 2 aromatic heterocycles. The van der Waals surface area contributed by atoms with Crippen LogP contribution >= 0.6 is 0 Å². The average Bonchev–Trinajstić information content (AvgIpc) is 3.09. The minimum Gasteiger partial charge on any atom is -0.453 e. The normalized spacial score (nSPS) is 27.0. The first kappa shape index (κ1) is 13.5. The molecule has 0 spiro atoms. The van der Waals surface area contributed by atoms with E-state index in [1.807, 2.05) is 0 Å². The molecule has 0 aliphatic carbocycles. The number of nitrogens with one attached hydrogen (secondary N) is 1. The van der Waals surface area contributed by atoms with Crippen molar-refractivity contribution < 1.29 is 14.0 Å². The first-order chi connectivity index (χ1) is 10.7. The number of carbonyl (C=O) groups is 2. The summed E-state index contributed by atoms with van der Waals surface area (Å²) >= 11 is 0. The number of amides is 1. The van der Waals surface area contributed by atoms with Gasteiger partial charge in [-0.2, -0.15) is 0 Å². The molecule has 2 aliphatic rings. The molecule has 0 saturated carbocycles. The molecule has 4 heterocycles. The summed E-state index contributed by atoms with van der Waals surface area (Å²) in [6.07, 6.45) is 4.48. The van der Waals surface area contributed by atoms with Crippen LogP contribution < -0.4 is 5.32 Å². The quantitative estimate of drug-likeness (QED) is 0.869. The summed E-state index contributed by atoms with van der Waals surface area (Å²) in [5, 5.41) is 3.79. The molecule has 1 amide bonds. The number of furan rings is 1. The highest BCUT2D eigenvalue weighted by atomic mass is 16.3. The maximum absolute atomic E-state index is 12.4. The second kappa shape index (κ2) is 5.21. The van der Waals surface area contributed by atoms with Crippen LogP contribution in [0.1, 0.15) is 33.9 Å². The SMILES string of the molecule is O=Cc1cc2cnc(C(=O)N[C@@H]3C[C@H]4CCN(C4)C3)cc2o1.